The standard InChI is InChI=1S/C13H21N3O3/c1-10(17)11-4-5-12(15-8-11)16(2)9-13(18)14-6-7-19-3/h4-5,8,10,17H,6-7,9H2,1-3H3,(H,14,18)/t10-/m1/s1. The zero-order chi connectivity index (χ0) is 14.3. The number of likely N-dealkylation sites (N-methyl/N-ethyl adjacent to an activating group) is 1. The monoisotopic (exact) mass is 267 g/mol. The summed E-state index contributed by atoms with van der Waals surface area (Å²) in [5.74, 6) is 0.604. The molecule has 1 amide bonds. The maximum absolute atomic E-state index is 11.6. The minimum Gasteiger partial charge on any atom is -0.389 e. The van der Waals surface area contributed by atoms with Crippen molar-refractivity contribution in [3.05, 3.63) is 23.9 Å². The molecule has 1 aromatic heterocycles. The molecule has 0 radical (unpaired) electrons. The summed E-state index contributed by atoms with van der Waals surface area (Å²) in [7, 11) is 3.38. The molecule has 0 fully saturated rings. The van der Waals surface area contributed by atoms with Crippen molar-refractivity contribution in [2.45, 2.75) is 13.0 Å². The number of aromatic nitrogens is 1. The Labute approximate surface area is 113 Å². The molecule has 0 aromatic carbocycles. The first-order valence-electron chi connectivity index (χ1n) is 6.15. The number of hydrogen-bond donors (Lipinski definition) is 2. The molecular formula is C13H21N3O3. The van der Waals surface area contributed by atoms with Crippen molar-refractivity contribution in [3.63, 3.8) is 0 Å². The number of pyridine rings is 1. The Hall–Kier alpha value is -1.66. The Balaban J connectivity index is 2.48. The Morgan fingerprint density at radius 1 is 1.58 bits per heavy atom. The molecule has 1 heterocycles. The number of amides is 1. The Bertz CT molecular complexity index is 393. The molecule has 1 atom stereocenters. The largest absolute Gasteiger partial charge is 0.389 e. The SMILES string of the molecule is COCCNC(=O)CN(C)c1ccc([C@@H](C)O)cn1. The second-order valence-corrected chi connectivity index (χ2v) is 4.32. The molecule has 0 saturated heterocycles. The van der Waals surface area contributed by atoms with Crippen molar-refractivity contribution in [1.82, 2.24) is 10.3 Å². The van der Waals surface area contributed by atoms with E-state index < -0.39 is 6.10 Å². The van der Waals surface area contributed by atoms with Crippen molar-refractivity contribution >= 4 is 11.7 Å². The van der Waals surface area contributed by atoms with Crippen LogP contribution in [-0.2, 0) is 9.53 Å². The summed E-state index contributed by atoms with van der Waals surface area (Å²) in [5, 5.41) is 12.1. The predicted octanol–water partition coefficient (Wildman–Crippen LogP) is 0.334. The van der Waals surface area contributed by atoms with E-state index in [0.29, 0.717) is 19.0 Å². The molecule has 0 saturated carbocycles. The van der Waals surface area contributed by atoms with E-state index in [9.17, 15) is 9.90 Å². The molecule has 19 heavy (non-hydrogen) atoms. The van der Waals surface area contributed by atoms with Crippen molar-refractivity contribution in [3.8, 4) is 0 Å². The number of carbonyl (C=O) groups is 1. The van der Waals surface area contributed by atoms with Gasteiger partial charge in [-0.15, -0.1) is 0 Å². The molecule has 0 unspecified atom stereocenters. The number of aliphatic hydroxyl groups is 1. The van der Waals surface area contributed by atoms with Crippen LogP contribution in [0.15, 0.2) is 18.3 Å². The molecule has 0 bridgehead atoms. The lowest BCUT2D eigenvalue weighted by molar-refractivity contribution is -0.119. The lowest BCUT2D eigenvalue weighted by Crippen LogP contribution is -2.36. The summed E-state index contributed by atoms with van der Waals surface area (Å²) in [6.45, 7) is 2.91. The average Bonchev–Trinajstić information content (AvgIpc) is 2.39. The number of nitrogens with one attached hydrogen (secondary N) is 1. The van der Waals surface area contributed by atoms with E-state index in [0.717, 1.165) is 5.56 Å². The third-order valence-electron chi connectivity index (χ3n) is 2.65. The van der Waals surface area contributed by atoms with Crippen LogP contribution in [0.3, 0.4) is 0 Å². The maximum atomic E-state index is 11.6. The molecule has 0 aliphatic carbocycles. The van der Waals surface area contributed by atoms with Crippen LogP contribution in [0.5, 0.6) is 0 Å². The van der Waals surface area contributed by atoms with E-state index in [1.807, 2.05) is 0 Å². The summed E-state index contributed by atoms with van der Waals surface area (Å²) in [4.78, 5) is 17.6. The third kappa shape index (κ3) is 5.23. The van der Waals surface area contributed by atoms with Crippen molar-refractivity contribution < 1.29 is 14.6 Å². The molecule has 1 rings (SSSR count). The van der Waals surface area contributed by atoms with Gasteiger partial charge in [0.2, 0.25) is 5.91 Å². The fourth-order valence-electron chi connectivity index (χ4n) is 1.52. The highest BCUT2D eigenvalue weighted by molar-refractivity contribution is 5.80. The van der Waals surface area contributed by atoms with Crippen LogP contribution in [0.2, 0.25) is 0 Å². The van der Waals surface area contributed by atoms with E-state index in [4.69, 9.17) is 4.74 Å². The summed E-state index contributed by atoms with van der Waals surface area (Å²) in [5.41, 5.74) is 0.752. The Morgan fingerprint density at radius 3 is 2.84 bits per heavy atom. The van der Waals surface area contributed by atoms with Gasteiger partial charge in [0.05, 0.1) is 19.3 Å². The van der Waals surface area contributed by atoms with Crippen molar-refractivity contribution in [1.29, 1.82) is 0 Å². The zero-order valence-electron chi connectivity index (χ0n) is 11.6. The van der Waals surface area contributed by atoms with Gasteiger partial charge in [0.1, 0.15) is 5.82 Å². The summed E-state index contributed by atoms with van der Waals surface area (Å²) >= 11 is 0. The third-order valence-corrected chi connectivity index (χ3v) is 2.65. The first-order valence-corrected chi connectivity index (χ1v) is 6.15. The highest BCUT2D eigenvalue weighted by Gasteiger charge is 2.09. The zero-order valence-corrected chi connectivity index (χ0v) is 11.6. The van der Waals surface area contributed by atoms with Gasteiger partial charge in [0.15, 0.2) is 0 Å². The van der Waals surface area contributed by atoms with Gasteiger partial charge < -0.3 is 20.1 Å². The van der Waals surface area contributed by atoms with Crippen LogP contribution in [0.4, 0.5) is 5.82 Å². The molecule has 6 nitrogen and oxygen atoms in total. The maximum Gasteiger partial charge on any atom is 0.239 e. The average molecular weight is 267 g/mol. The number of ether oxygens (including phenoxy) is 1. The highest BCUT2D eigenvalue weighted by Crippen LogP contribution is 2.14. The molecule has 0 spiro atoms. The molecule has 0 aliphatic rings. The van der Waals surface area contributed by atoms with Gasteiger partial charge in [-0.25, -0.2) is 4.98 Å². The Morgan fingerprint density at radius 2 is 2.32 bits per heavy atom. The fraction of sp³-hybridized carbons (Fsp3) is 0.538. The van der Waals surface area contributed by atoms with Gasteiger partial charge in [0.25, 0.3) is 0 Å². The molecule has 106 valence electrons. The van der Waals surface area contributed by atoms with Crippen LogP contribution < -0.4 is 10.2 Å². The smallest absolute Gasteiger partial charge is 0.239 e. The van der Waals surface area contributed by atoms with Crippen molar-refractivity contribution in [2.75, 3.05) is 38.8 Å². The quantitative estimate of drug-likeness (QED) is 0.697. The van der Waals surface area contributed by atoms with Gasteiger partial charge in [-0.2, -0.15) is 0 Å². The first-order chi connectivity index (χ1) is 9.04. The van der Waals surface area contributed by atoms with Gasteiger partial charge >= 0.3 is 0 Å². The normalized spacial score (nSPS) is 12.0. The Kier molecular flexibility index (Phi) is 6.24. The topological polar surface area (TPSA) is 74.7 Å². The van der Waals surface area contributed by atoms with Gasteiger partial charge in [-0.3, -0.25) is 4.79 Å². The number of methoxy groups -OCH3 is 1. The van der Waals surface area contributed by atoms with Crippen LogP contribution in [-0.4, -0.2) is 49.9 Å². The van der Waals surface area contributed by atoms with Crippen LogP contribution in [0.1, 0.15) is 18.6 Å². The number of aliphatic hydroxyl groups excluding tert-OH is 1. The lowest BCUT2D eigenvalue weighted by atomic mass is 10.2. The van der Waals surface area contributed by atoms with Crippen LogP contribution in [0, 0.1) is 0 Å². The predicted molar refractivity (Wildman–Crippen MR) is 73.0 cm³/mol. The van der Waals surface area contributed by atoms with E-state index in [-0.39, 0.29) is 12.5 Å². The summed E-state index contributed by atoms with van der Waals surface area (Å²) in [6, 6.07) is 3.58. The van der Waals surface area contributed by atoms with E-state index >= 15 is 0 Å². The number of rotatable bonds is 7. The van der Waals surface area contributed by atoms with Crippen LogP contribution >= 0.6 is 0 Å². The molecule has 0 aliphatic heterocycles. The highest BCUT2D eigenvalue weighted by atomic mass is 16.5. The van der Waals surface area contributed by atoms with Crippen LogP contribution in [0.25, 0.3) is 0 Å². The summed E-state index contributed by atoms with van der Waals surface area (Å²) < 4.78 is 4.85. The molecule has 1 aromatic rings. The first kappa shape index (κ1) is 15.4. The van der Waals surface area contributed by atoms with Gasteiger partial charge in [-0.05, 0) is 18.6 Å². The fourth-order valence-corrected chi connectivity index (χ4v) is 1.52. The number of nitrogens with zero attached hydrogens (tertiary/aromatic N) is 2. The van der Waals surface area contributed by atoms with E-state index in [1.165, 1.54) is 0 Å². The van der Waals surface area contributed by atoms with Crippen molar-refractivity contribution in [2.24, 2.45) is 0 Å². The number of anilines is 1. The molecule has 2 N–H and O–H groups in total. The van der Waals surface area contributed by atoms with Gasteiger partial charge in [0, 0.05) is 26.9 Å². The number of carbonyl (C=O) groups excluding carboxylic acids is 1. The van der Waals surface area contributed by atoms with E-state index in [2.05, 4.69) is 10.3 Å². The van der Waals surface area contributed by atoms with Gasteiger partial charge in [-0.1, -0.05) is 6.07 Å². The minimum absolute atomic E-state index is 0.0825. The van der Waals surface area contributed by atoms with E-state index in [1.54, 1.807) is 44.3 Å². The minimum atomic E-state index is -0.538. The number of hydrogen-bond acceptors (Lipinski definition) is 5. The molecule has 6 heteroatoms. The lowest BCUT2D eigenvalue weighted by Gasteiger charge is -2.18. The summed E-state index contributed by atoms with van der Waals surface area (Å²) in [6.07, 6.45) is 1.07. The second-order valence-electron chi connectivity index (χ2n) is 4.32. The molecular weight excluding hydrogens is 246 g/mol. The second kappa shape index (κ2) is 7.70.